The molecule has 1 unspecified atom stereocenters. The first kappa shape index (κ1) is 23.0. The number of nitrogens with zero attached hydrogens (tertiary/aromatic N) is 2. The molecule has 1 aromatic heterocycles. The largest absolute Gasteiger partial charge is 0.476 e. The lowest BCUT2D eigenvalue weighted by Gasteiger charge is -2.19. The van der Waals surface area contributed by atoms with Gasteiger partial charge in [-0.15, -0.1) is 0 Å². The highest BCUT2D eigenvalue weighted by Crippen LogP contribution is 2.44. The zero-order valence-corrected chi connectivity index (χ0v) is 18.6. The van der Waals surface area contributed by atoms with E-state index in [1.54, 1.807) is 0 Å². The molecule has 0 radical (unpaired) electrons. The number of rotatable bonds is 8. The van der Waals surface area contributed by atoms with E-state index < -0.39 is 24.0 Å². The van der Waals surface area contributed by atoms with E-state index in [2.05, 4.69) is 15.7 Å². The molecule has 0 saturated carbocycles. The number of aromatic nitrogens is 2. The van der Waals surface area contributed by atoms with Crippen LogP contribution in [0, 0.1) is 0 Å². The molecule has 0 saturated heterocycles. The van der Waals surface area contributed by atoms with Gasteiger partial charge < -0.3 is 25.2 Å². The highest BCUT2D eigenvalue weighted by molar-refractivity contribution is 6.01. The van der Waals surface area contributed by atoms with Crippen molar-refractivity contribution in [2.75, 3.05) is 25.6 Å². The summed E-state index contributed by atoms with van der Waals surface area (Å²) in [6, 6.07) is 14.8. The van der Waals surface area contributed by atoms with Gasteiger partial charge in [0.1, 0.15) is 12.6 Å². The number of carbonyl (C=O) groups excluding carboxylic acids is 2. The molecule has 1 aliphatic rings. The molecule has 4 rings (SSSR count). The molecule has 10 heteroatoms. The van der Waals surface area contributed by atoms with Gasteiger partial charge in [0.15, 0.2) is 5.69 Å². The molecule has 176 valence electrons. The van der Waals surface area contributed by atoms with Crippen LogP contribution in [-0.4, -0.2) is 59.2 Å². The number of alkyl carbamates (subject to hydrolysis) is 1. The number of carbonyl (C=O) groups is 3. The first-order valence-electron chi connectivity index (χ1n) is 10.6. The van der Waals surface area contributed by atoms with Crippen molar-refractivity contribution < 1.29 is 29.0 Å². The van der Waals surface area contributed by atoms with Crippen molar-refractivity contribution in [3.05, 3.63) is 71.5 Å². The number of fused-ring (bicyclic) bond motifs is 3. The van der Waals surface area contributed by atoms with E-state index >= 15 is 0 Å². The van der Waals surface area contributed by atoms with E-state index in [4.69, 9.17) is 9.47 Å². The Balaban J connectivity index is 1.42. The van der Waals surface area contributed by atoms with Crippen LogP contribution in [0.2, 0.25) is 0 Å². The zero-order chi connectivity index (χ0) is 24.2. The molecule has 2 amide bonds. The standard InChI is InChI=1S/C24H24N4O6/c1-28-11-19(21(27-28)23(30)31)25-22(29)20(13-33-2)26-24(32)34-12-18-16-9-5-3-7-14(16)15-8-4-6-10-17(15)18/h3-11,18,20H,12-13H2,1-2H3,(H,25,29)(H,26,32)(H,30,31). The van der Waals surface area contributed by atoms with Crippen LogP contribution >= 0.6 is 0 Å². The molecule has 0 bridgehead atoms. The van der Waals surface area contributed by atoms with Gasteiger partial charge in [-0.05, 0) is 22.3 Å². The van der Waals surface area contributed by atoms with Gasteiger partial charge in [0, 0.05) is 26.3 Å². The molecule has 1 heterocycles. The summed E-state index contributed by atoms with van der Waals surface area (Å²) in [5, 5.41) is 18.0. The minimum atomic E-state index is -1.29. The minimum Gasteiger partial charge on any atom is -0.476 e. The lowest BCUT2D eigenvalue weighted by Crippen LogP contribution is -2.47. The third-order valence-corrected chi connectivity index (χ3v) is 5.57. The highest BCUT2D eigenvalue weighted by Gasteiger charge is 2.30. The number of aryl methyl sites for hydroxylation is 1. The van der Waals surface area contributed by atoms with Crippen LogP contribution < -0.4 is 10.6 Å². The van der Waals surface area contributed by atoms with Gasteiger partial charge in [-0.25, -0.2) is 9.59 Å². The van der Waals surface area contributed by atoms with Crippen molar-refractivity contribution in [3.63, 3.8) is 0 Å². The van der Waals surface area contributed by atoms with E-state index in [-0.39, 0.29) is 30.5 Å². The van der Waals surface area contributed by atoms with Crippen molar-refractivity contribution in [2.24, 2.45) is 7.05 Å². The maximum Gasteiger partial charge on any atom is 0.407 e. The summed E-state index contributed by atoms with van der Waals surface area (Å²) in [5.74, 6) is -2.07. The number of ether oxygens (including phenoxy) is 2. The molecule has 1 atom stereocenters. The fourth-order valence-electron chi connectivity index (χ4n) is 4.09. The Morgan fingerprint density at radius 2 is 1.71 bits per heavy atom. The van der Waals surface area contributed by atoms with Gasteiger partial charge in [0.2, 0.25) is 5.91 Å². The van der Waals surface area contributed by atoms with Gasteiger partial charge in [-0.2, -0.15) is 5.10 Å². The number of carboxylic acid groups (broad SMARTS) is 1. The second kappa shape index (κ2) is 9.75. The maximum absolute atomic E-state index is 12.7. The maximum atomic E-state index is 12.7. The predicted molar refractivity (Wildman–Crippen MR) is 123 cm³/mol. The second-order valence-electron chi connectivity index (χ2n) is 7.84. The average molecular weight is 464 g/mol. The molecule has 0 spiro atoms. The zero-order valence-electron chi connectivity index (χ0n) is 18.6. The highest BCUT2D eigenvalue weighted by atomic mass is 16.5. The first-order valence-corrected chi connectivity index (χ1v) is 10.6. The number of anilines is 1. The molecule has 0 fully saturated rings. The molecule has 1 aliphatic carbocycles. The van der Waals surface area contributed by atoms with E-state index in [1.807, 2.05) is 48.5 Å². The van der Waals surface area contributed by atoms with Crippen LogP contribution in [0.4, 0.5) is 10.5 Å². The quantitative estimate of drug-likeness (QED) is 0.467. The first-order chi connectivity index (χ1) is 16.4. The van der Waals surface area contributed by atoms with Gasteiger partial charge in [-0.1, -0.05) is 48.5 Å². The van der Waals surface area contributed by atoms with E-state index in [9.17, 15) is 19.5 Å². The fraction of sp³-hybridized carbons (Fsp3) is 0.250. The summed E-state index contributed by atoms with van der Waals surface area (Å²) in [6.45, 7) is -0.0500. The number of hydrogen-bond acceptors (Lipinski definition) is 6. The third-order valence-electron chi connectivity index (χ3n) is 5.57. The van der Waals surface area contributed by atoms with Crippen LogP contribution in [-0.2, 0) is 21.3 Å². The van der Waals surface area contributed by atoms with Gasteiger partial charge >= 0.3 is 12.1 Å². The Labute approximate surface area is 195 Å². The summed E-state index contributed by atoms with van der Waals surface area (Å²) in [7, 11) is 2.91. The second-order valence-corrected chi connectivity index (χ2v) is 7.84. The number of nitrogens with one attached hydrogen (secondary N) is 2. The minimum absolute atomic E-state index is 0.00967. The van der Waals surface area contributed by atoms with E-state index in [1.165, 1.54) is 25.0 Å². The summed E-state index contributed by atoms with van der Waals surface area (Å²) in [5.41, 5.74) is 4.05. The lowest BCUT2D eigenvalue weighted by atomic mass is 9.98. The predicted octanol–water partition coefficient (Wildman–Crippen LogP) is 2.61. The number of amides is 2. The molecule has 2 aromatic carbocycles. The van der Waals surface area contributed by atoms with E-state index in [0.717, 1.165) is 22.3 Å². The van der Waals surface area contributed by atoms with Crippen LogP contribution in [0.5, 0.6) is 0 Å². The van der Waals surface area contributed by atoms with Gasteiger partial charge in [0.25, 0.3) is 0 Å². The number of benzene rings is 2. The summed E-state index contributed by atoms with van der Waals surface area (Å²) < 4.78 is 11.8. The molecule has 0 aliphatic heterocycles. The van der Waals surface area contributed by atoms with Crippen LogP contribution in [0.3, 0.4) is 0 Å². The van der Waals surface area contributed by atoms with Crippen molar-refractivity contribution in [1.29, 1.82) is 0 Å². The van der Waals surface area contributed by atoms with Crippen LogP contribution in [0.1, 0.15) is 27.5 Å². The summed E-state index contributed by atoms with van der Waals surface area (Å²) >= 11 is 0. The molecular weight excluding hydrogens is 440 g/mol. The van der Waals surface area contributed by atoms with Crippen molar-refractivity contribution in [1.82, 2.24) is 15.1 Å². The Hall–Kier alpha value is -4.18. The van der Waals surface area contributed by atoms with Gasteiger partial charge in [-0.3, -0.25) is 9.48 Å². The average Bonchev–Trinajstić information content (AvgIpc) is 3.35. The molecule has 3 aromatic rings. The lowest BCUT2D eigenvalue weighted by molar-refractivity contribution is -0.119. The van der Waals surface area contributed by atoms with Crippen LogP contribution in [0.25, 0.3) is 11.1 Å². The Morgan fingerprint density at radius 3 is 2.29 bits per heavy atom. The van der Waals surface area contributed by atoms with Crippen LogP contribution in [0.15, 0.2) is 54.7 Å². The van der Waals surface area contributed by atoms with Crippen molar-refractivity contribution in [3.8, 4) is 11.1 Å². The van der Waals surface area contributed by atoms with Crippen molar-refractivity contribution in [2.45, 2.75) is 12.0 Å². The third kappa shape index (κ3) is 4.62. The monoisotopic (exact) mass is 464 g/mol. The van der Waals surface area contributed by atoms with Crippen molar-refractivity contribution >= 4 is 23.7 Å². The number of carboxylic acids is 1. The normalized spacial score (nSPS) is 13.0. The summed E-state index contributed by atoms with van der Waals surface area (Å²) in [4.78, 5) is 36.6. The molecule has 10 nitrogen and oxygen atoms in total. The Morgan fingerprint density at radius 1 is 1.09 bits per heavy atom. The number of hydrogen-bond donors (Lipinski definition) is 3. The Bertz CT molecular complexity index is 1190. The fourth-order valence-corrected chi connectivity index (χ4v) is 4.09. The smallest absolute Gasteiger partial charge is 0.407 e. The SMILES string of the molecule is COCC(NC(=O)OCC1c2ccccc2-c2ccccc21)C(=O)Nc1cn(C)nc1C(=O)O. The van der Waals surface area contributed by atoms with Gasteiger partial charge in [0.05, 0.1) is 12.3 Å². The molecular formula is C24H24N4O6. The number of aromatic carboxylic acids is 1. The molecule has 3 N–H and O–H groups in total. The topological polar surface area (TPSA) is 132 Å². The summed E-state index contributed by atoms with van der Waals surface area (Å²) in [6.07, 6.45) is 0.571. The Kier molecular flexibility index (Phi) is 6.60. The van der Waals surface area contributed by atoms with E-state index in [0.29, 0.717) is 0 Å². The molecule has 34 heavy (non-hydrogen) atoms. The number of methoxy groups -OCH3 is 1.